The SMILES string of the molecule is CCCC(CC)CCC1C=CCC1. The second kappa shape index (κ2) is 6.23. The highest BCUT2D eigenvalue weighted by Gasteiger charge is 2.11. The van der Waals surface area contributed by atoms with E-state index in [4.69, 9.17) is 0 Å². The van der Waals surface area contributed by atoms with Gasteiger partial charge in [0.15, 0.2) is 0 Å². The van der Waals surface area contributed by atoms with Crippen LogP contribution in [0.4, 0.5) is 0 Å². The molecule has 0 amide bonds. The third-order valence-corrected chi connectivity index (χ3v) is 3.33. The van der Waals surface area contributed by atoms with Crippen molar-refractivity contribution in [1.29, 1.82) is 0 Å². The van der Waals surface area contributed by atoms with E-state index in [1.165, 1.54) is 44.9 Å². The minimum atomic E-state index is 0.922. The molecule has 2 atom stereocenters. The quantitative estimate of drug-likeness (QED) is 0.526. The molecule has 0 radical (unpaired) electrons. The van der Waals surface area contributed by atoms with Crippen LogP contribution in [-0.2, 0) is 0 Å². The fourth-order valence-electron chi connectivity index (χ4n) is 2.35. The molecule has 0 saturated heterocycles. The average Bonchev–Trinajstić information content (AvgIpc) is 2.64. The topological polar surface area (TPSA) is 0 Å². The fourth-order valence-corrected chi connectivity index (χ4v) is 2.35. The van der Waals surface area contributed by atoms with E-state index < -0.39 is 0 Å². The largest absolute Gasteiger partial charge is 0.0882 e. The molecule has 0 fully saturated rings. The van der Waals surface area contributed by atoms with Gasteiger partial charge in [-0.15, -0.1) is 0 Å². The van der Waals surface area contributed by atoms with Gasteiger partial charge in [0.05, 0.1) is 0 Å². The zero-order chi connectivity index (χ0) is 9.52. The van der Waals surface area contributed by atoms with Gasteiger partial charge in [0.2, 0.25) is 0 Å². The van der Waals surface area contributed by atoms with Crippen molar-refractivity contribution in [1.82, 2.24) is 0 Å². The van der Waals surface area contributed by atoms with Crippen LogP contribution in [0, 0.1) is 11.8 Å². The molecule has 2 unspecified atom stereocenters. The Morgan fingerprint density at radius 1 is 1.31 bits per heavy atom. The molecule has 0 aliphatic heterocycles. The third kappa shape index (κ3) is 3.97. The van der Waals surface area contributed by atoms with Gasteiger partial charge < -0.3 is 0 Å². The van der Waals surface area contributed by atoms with E-state index in [0.29, 0.717) is 0 Å². The highest BCUT2D eigenvalue weighted by atomic mass is 14.2. The molecule has 0 N–H and O–H groups in total. The van der Waals surface area contributed by atoms with Gasteiger partial charge in [0, 0.05) is 0 Å². The molecule has 13 heavy (non-hydrogen) atoms. The van der Waals surface area contributed by atoms with Crippen LogP contribution in [-0.4, -0.2) is 0 Å². The Morgan fingerprint density at radius 2 is 2.15 bits per heavy atom. The van der Waals surface area contributed by atoms with E-state index in [0.717, 1.165) is 11.8 Å². The van der Waals surface area contributed by atoms with Crippen LogP contribution >= 0.6 is 0 Å². The van der Waals surface area contributed by atoms with Crippen molar-refractivity contribution in [3.05, 3.63) is 12.2 Å². The van der Waals surface area contributed by atoms with Gasteiger partial charge in [-0.05, 0) is 37.5 Å². The molecule has 0 aromatic carbocycles. The molecule has 76 valence electrons. The Hall–Kier alpha value is -0.260. The summed E-state index contributed by atoms with van der Waals surface area (Å²) in [5.41, 5.74) is 0. The van der Waals surface area contributed by atoms with Gasteiger partial charge in [0.1, 0.15) is 0 Å². The Bertz CT molecular complexity index is 146. The summed E-state index contributed by atoms with van der Waals surface area (Å²) in [5.74, 6) is 1.92. The molecule has 1 aliphatic rings. The van der Waals surface area contributed by atoms with E-state index >= 15 is 0 Å². The molecule has 1 rings (SSSR count). The molecule has 0 spiro atoms. The van der Waals surface area contributed by atoms with Crippen molar-refractivity contribution in [3.63, 3.8) is 0 Å². The van der Waals surface area contributed by atoms with E-state index in [9.17, 15) is 0 Å². The molecule has 0 saturated carbocycles. The summed E-state index contributed by atoms with van der Waals surface area (Å²) in [4.78, 5) is 0. The van der Waals surface area contributed by atoms with E-state index in [1.54, 1.807) is 0 Å². The van der Waals surface area contributed by atoms with Crippen LogP contribution in [0.3, 0.4) is 0 Å². The maximum Gasteiger partial charge on any atom is -0.0230 e. The van der Waals surface area contributed by atoms with Crippen LogP contribution < -0.4 is 0 Å². The Labute approximate surface area is 83.4 Å². The molecule has 0 aromatic heterocycles. The zero-order valence-electron chi connectivity index (χ0n) is 9.26. The summed E-state index contributed by atoms with van der Waals surface area (Å²) in [5, 5.41) is 0. The van der Waals surface area contributed by atoms with Crippen molar-refractivity contribution in [2.75, 3.05) is 0 Å². The summed E-state index contributed by atoms with van der Waals surface area (Å²) in [6.07, 6.45) is 14.6. The normalized spacial score (nSPS) is 23.7. The van der Waals surface area contributed by atoms with Crippen LogP contribution in [0.5, 0.6) is 0 Å². The van der Waals surface area contributed by atoms with Gasteiger partial charge in [-0.3, -0.25) is 0 Å². The lowest BCUT2D eigenvalue weighted by Gasteiger charge is -2.15. The predicted octanol–water partition coefficient (Wildman–Crippen LogP) is 4.56. The van der Waals surface area contributed by atoms with E-state index in [2.05, 4.69) is 26.0 Å². The number of hydrogen-bond donors (Lipinski definition) is 0. The van der Waals surface area contributed by atoms with Gasteiger partial charge in [-0.25, -0.2) is 0 Å². The molecular weight excluding hydrogens is 156 g/mol. The summed E-state index contributed by atoms with van der Waals surface area (Å²) >= 11 is 0. The average molecular weight is 180 g/mol. The number of hydrogen-bond acceptors (Lipinski definition) is 0. The first-order chi connectivity index (χ1) is 6.36. The van der Waals surface area contributed by atoms with Crippen LogP contribution in [0.25, 0.3) is 0 Å². The summed E-state index contributed by atoms with van der Waals surface area (Å²) in [7, 11) is 0. The maximum atomic E-state index is 2.43. The van der Waals surface area contributed by atoms with Crippen molar-refractivity contribution in [2.24, 2.45) is 11.8 Å². The number of allylic oxidation sites excluding steroid dienone is 2. The lowest BCUT2D eigenvalue weighted by atomic mass is 9.91. The Kier molecular flexibility index (Phi) is 5.19. The minimum absolute atomic E-state index is 0.922. The van der Waals surface area contributed by atoms with Gasteiger partial charge in [0.25, 0.3) is 0 Å². The molecule has 0 bridgehead atoms. The lowest BCUT2D eigenvalue weighted by Crippen LogP contribution is -2.01. The number of rotatable bonds is 6. The molecule has 0 nitrogen and oxygen atoms in total. The highest BCUT2D eigenvalue weighted by molar-refractivity contribution is 4.95. The maximum absolute atomic E-state index is 2.43. The van der Waals surface area contributed by atoms with Gasteiger partial charge in [-0.2, -0.15) is 0 Å². The van der Waals surface area contributed by atoms with Crippen molar-refractivity contribution in [2.45, 2.75) is 58.8 Å². The molecule has 1 aliphatic carbocycles. The summed E-state index contributed by atoms with van der Waals surface area (Å²) in [6, 6.07) is 0. The standard InChI is InChI=1S/C13H24/c1-3-7-12(4-2)10-11-13-8-5-6-9-13/h5,8,12-13H,3-4,6-7,9-11H2,1-2H3. The third-order valence-electron chi connectivity index (χ3n) is 3.33. The lowest BCUT2D eigenvalue weighted by molar-refractivity contribution is 0.389. The highest BCUT2D eigenvalue weighted by Crippen LogP contribution is 2.26. The van der Waals surface area contributed by atoms with Crippen molar-refractivity contribution < 1.29 is 0 Å². The molecule has 0 heteroatoms. The summed E-state index contributed by atoms with van der Waals surface area (Å²) in [6.45, 7) is 4.64. The second-order valence-electron chi connectivity index (χ2n) is 4.41. The Balaban J connectivity index is 2.11. The first kappa shape index (κ1) is 10.8. The smallest absolute Gasteiger partial charge is 0.0230 e. The molecular formula is C13H24. The zero-order valence-corrected chi connectivity index (χ0v) is 9.26. The van der Waals surface area contributed by atoms with Crippen molar-refractivity contribution in [3.8, 4) is 0 Å². The van der Waals surface area contributed by atoms with Gasteiger partial charge in [-0.1, -0.05) is 45.3 Å². The Morgan fingerprint density at radius 3 is 2.69 bits per heavy atom. The first-order valence-corrected chi connectivity index (χ1v) is 6.03. The minimum Gasteiger partial charge on any atom is -0.0882 e. The predicted molar refractivity (Wildman–Crippen MR) is 59.8 cm³/mol. The van der Waals surface area contributed by atoms with Crippen LogP contribution in [0.15, 0.2) is 12.2 Å². The molecule has 0 aromatic rings. The fraction of sp³-hybridized carbons (Fsp3) is 0.846. The van der Waals surface area contributed by atoms with E-state index in [-0.39, 0.29) is 0 Å². The molecule has 0 heterocycles. The van der Waals surface area contributed by atoms with Crippen LogP contribution in [0.1, 0.15) is 58.8 Å². The van der Waals surface area contributed by atoms with E-state index in [1.807, 2.05) is 0 Å². The second-order valence-corrected chi connectivity index (χ2v) is 4.41. The van der Waals surface area contributed by atoms with Crippen molar-refractivity contribution >= 4 is 0 Å². The monoisotopic (exact) mass is 180 g/mol. The first-order valence-electron chi connectivity index (χ1n) is 6.03. The summed E-state index contributed by atoms with van der Waals surface area (Å²) < 4.78 is 0. The van der Waals surface area contributed by atoms with Gasteiger partial charge >= 0.3 is 0 Å². The van der Waals surface area contributed by atoms with Crippen LogP contribution in [0.2, 0.25) is 0 Å².